The normalized spacial score (nSPS) is 17.8. The lowest BCUT2D eigenvalue weighted by atomic mass is 9.92. The van der Waals surface area contributed by atoms with Gasteiger partial charge in [0, 0.05) is 60.3 Å². The van der Waals surface area contributed by atoms with E-state index < -0.39 is 17.3 Å². The van der Waals surface area contributed by atoms with Gasteiger partial charge in [0.25, 0.3) is 0 Å². The Balaban J connectivity index is 1.76. The number of carboxylic acids is 1. The molecule has 2 heterocycles. The maximum atomic E-state index is 13.5. The highest BCUT2D eigenvalue weighted by Crippen LogP contribution is 2.38. The molecule has 36 heavy (non-hydrogen) atoms. The Labute approximate surface area is 207 Å². The van der Waals surface area contributed by atoms with Crippen molar-refractivity contribution in [2.24, 2.45) is 10.7 Å². The topological polar surface area (TPSA) is 110 Å². The standard InChI is InChI=1S/C26H30F2N4O4/c1-15(2)31-13-16-8-20(17(11-29)12-30-18-4-6-26(27,28)7-5-18)24(36-3)9-19(16)22-10-23(33)21(25(34)35)14-32(22)31/h8-12,14-15,18H,4-7,13,29H2,1-3H3,(H,34,35). The van der Waals surface area contributed by atoms with Crippen molar-refractivity contribution in [2.75, 3.05) is 12.1 Å². The Hall–Kier alpha value is -3.69. The van der Waals surface area contributed by atoms with Crippen molar-refractivity contribution in [2.45, 2.75) is 64.1 Å². The van der Waals surface area contributed by atoms with Crippen LogP contribution in [0.4, 0.5) is 8.78 Å². The van der Waals surface area contributed by atoms with E-state index in [4.69, 9.17) is 10.5 Å². The van der Waals surface area contributed by atoms with Crippen molar-refractivity contribution in [3.05, 3.63) is 57.5 Å². The lowest BCUT2D eigenvalue weighted by Gasteiger charge is -2.38. The van der Waals surface area contributed by atoms with E-state index in [9.17, 15) is 23.5 Å². The Bertz CT molecular complexity index is 1290. The summed E-state index contributed by atoms with van der Waals surface area (Å²) in [6.07, 6.45) is 4.66. The number of methoxy groups -OCH3 is 1. The molecule has 0 amide bonds. The first-order valence-corrected chi connectivity index (χ1v) is 11.9. The van der Waals surface area contributed by atoms with Gasteiger partial charge in [0.2, 0.25) is 5.92 Å². The zero-order chi connectivity index (χ0) is 26.2. The smallest absolute Gasteiger partial charge is 0.341 e. The quantitative estimate of drug-likeness (QED) is 0.580. The Kier molecular flexibility index (Phi) is 6.88. The number of carbonyl (C=O) groups is 1. The average Bonchev–Trinajstić information content (AvgIpc) is 2.83. The largest absolute Gasteiger partial charge is 0.496 e. The molecule has 1 aromatic heterocycles. The van der Waals surface area contributed by atoms with Gasteiger partial charge in [-0.05, 0) is 44.4 Å². The van der Waals surface area contributed by atoms with Crippen molar-refractivity contribution >= 4 is 17.8 Å². The SMILES string of the molecule is COc1cc2c(cc1C(C=NC1CCC(F)(F)CC1)=CN)CN(C(C)C)n1cc(C(=O)O)c(=O)cc1-2. The van der Waals surface area contributed by atoms with Gasteiger partial charge in [0.1, 0.15) is 11.3 Å². The molecule has 1 saturated carbocycles. The van der Waals surface area contributed by atoms with Gasteiger partial charge in [-0.1, -0.05) is 0 Å². The van der Waals surface area contributed by atoms with Gasteiger partial charge in [-0.3, -0.25) is 14.5 Å². The maximum Gasteiger partial charge on any atom is 0.341 e. The summed E-state index contributed by atoms with van der Waals surface area (Å²) in [4.78, 5) is 28.6. The number of nitrogens with two attached hydrogens (primary N) is 1. The van der Waals surface area contributed by atoms with Crippen LogP contribution in [0.2, 0.25) is 0 Å². The second-order valence-corrected chi connectivity index (χ2v) is 9.47. The number of fused-ring (bicyclic) bond motifs is 3. The fraction of sp³-hybridized carbons (Fsp3) is 0.423. The first kappa shape index (κ1) is 25.4. The maximum absolute atomic E-state index is 13.5. The van der Waals surface area contributed by atoms with Crippen LogP contribution in [0.1, 0.15) is 61.0 Å². The Morgan fingerprint density at radius 3 is 2.53 bits per heavy atom. The third kappa shape index (κ3) is 4.84. The number of aliphatic imine (C=N–C) groups is 1. The number of alkyl halides is 2. The van der Waals surface area contributed by atoms with Gasteiger partial charge < -0.3 is 20.6 Å². The molecule has 4 rings (SSSR count). The highest BCUT2D eigenvalue weighted by Gasteiger charge is 2.34. The molecule has 0 saturated heterocycles. The zero-order valence-corrected chi connectivity index (χ0v) is 20.5. The van der Waals surface area contributed by atoms with E-state index in [0.29, 0.717) is 42.0 Å². The monoisotopic (exact) mass is 500 g/mol. The van der Waals surface area contributed by atoms with Gasteiger partial charge in [-0.2, -0.15) is 0 Å². The van der Waals surface area contributed by atoms with Crippen molar-refractivity contribution in [1.82, 2.24) is 4.68 Å². The molecule has 1 aliphatic heterocycles. The highest BCUT2D eigenvalue weighted by atomic mass is 19.3. The summed E-state index contributed by atoms with van der Waals surface area (Å²) in [6.45, 7) is 4.40. The number of allylic oxidation sites excluding steroid dienone is 1. The van der Waals surface area contributed by atoms with Crippen molar-refractivity contribution in [1.29, 1.82) is 0 Å². The van der Waals surface area contributed by atoms with Crippen molar-refractivity contribution in [3.63, 3.8) is 0 Å². The van der Waals surface area contributed by atoms with Gasteiger partial charge in [-0.25, -0.2) is 13.6 Å². The lowest BCUT2D eigenvalue weighted by molar-refractivity contribution is -0.0373. The van der Waals surface area contributed by atoms with E-state index >= 15 is 0 Å². The summed E-state index contributed by atoms with van der Waals surface area (Å²) in [5.41, 5.74) is 8.52. The molecule has 192 valence electrons. The van der Waals surface area contributed by atoms with Crippen molar-refractivity contribution < 1.29 is 23.4 Å². The number of aromatic nitrogens is 1. The number of ether oxygens (including phenoxy) is 1. The van der Waals surface area contributed by atoms with Gasteiger partial charge in [-0.15, -0.1) is 0 Å². The van der Waals surface area contributed by atoms with Crippen LogP contribution in [0.5, 0.6) is 5.75 Å². The lowest BCUT2D eigenvalue weighted by Crippen LogP contribution is -2.44. The molecule has 3 N–H and O–H groups in total. The Morgan fingerprint density at radius 2 is 1.94 bits per heavy atom. The van der Waals surface area contributed by atoms with Crippen LogP contribution >= 0.6 is 0 Å². The molecule has 0 spiro atoms. The van der Waals surface area contributed by atoms with E-state index in [0.717, 1.165) is 11.1 Å². The van der Waals surface area contributed by atoms with Crippen LogP contribution in [-0.2, 0) is 6.54 Å². The molecule has 0 atom stereocenters. The van der Waals surface area contributed by atoms with Crippen LogP contribution < -0.4 is 20.9 Å². The number of aromatic carboxylic acids is 1. The number of halogens is 2. The third-order valence-electron chi connectivity index (χ3n) is 6.77. The zero-order valence-electron chi connectivity index (χ0n) is 20.5. The Morgan fingerprint density at radius 1 is 1.25 bits per heavy atom. The number of carboxylic acid groups (broad SMARTS) is 1. The second-order valence-electron chi connectivity index (χ2n) is 9.47. The van der Waals surface area contributed by atoms with E-state index in [-0.39, 0.29) is 30.5 Å². The summed E-state index contributed by atoms with van der Waals surface area (Å²) >= 11 is 0. The van der Waals surface area contributed by atoms with Crippen LogP contribution in [0.25, 0.3) is 16.8 Å². The van der Waals surface area contributed by atoms with Gasteiger partial charge >= 0.3 is 5.97 Å². The first-order chi connectivity index (χ1) is 17.0. The van der Waals surface area contributed by atoms with Gasteiger partial charge in [0.05, 0.1) is 25.4 Å². The first-order valence-electron chi connectivity index (χ1n) is 11.9. The van der Waals surface area contributed by atoms with E-state index in [1.54, 1.807) is 17.0 Å². The summed E-state index contributed by atoms with van der Waals surface area (Å²) in [5, 5.41) is 11.4. The number of hydrogen-bond acceptors (Lipinski definition) is 6. The molecule has 10 heteroatoms. The second kappa shape index (κ2) is 9.75. The number of nitrogens with zero attached hydrogens (tertiary/aromatic N) is 3. The summed E-state index contributed by atoms with van der Waals surface area (Å²) in [7, 11) is 1.52. The molecule has 1 aromatic carbocycles. The molecular formula is C26H30F2N4O4. The predicted octanol–water partition coefficient (Wildman–Crippen LogP) is 4.03. The van der Waals surface area contributed by atoms with E-state index in [1.165, 1.54) is 25.6 Å². The fourth-order valence-corrected chi connectivity index (χ4v) is 4.73. The number of benzene rings is 1. The minimum absolute atomic E-state index is 0.00196. The third-order valence-corrected chi connectivity index (χ3v) is 6.77. The number of rotatable bonds is 6. The molecule has 2 aliphatic rings. The van der Waals surface area contributed by atoms with Crippen LogP contribution in [0.15, 0.2) is 40.4 Å². The van der Waals surface area contributed by atoms with Crippen molar-refractivity contribution in [3.8, 4) is 17.0 Å². The molecule has 8 nitrogen and oxygen atoms in total. The van der Waals surface area contributed by atoms with Crippen LogP contribution in [0, 0.1) is 0 Å². The number of pyridine rings is 1. The van der Waals surface area contributed by atoms with Crippen LogP contribution in [0.3, 0.4) is 0 Å². The summed E-state index contributed by atoms with van der Waals surface area (Å²) in [6, 6.07) is 4.86. The fourth-order valence-electron chi connectivity index (χ4n) is 4.73. The van der Waals surface area contributed by atoms with Crippen LogP contribution in [-0.4, -0.2) is 47.1 Å². The number of hydrogen-bond donors (Lipinski definition) is 2. The molecule has 2 aromatic rings. The van der Waals surface area contributed by atoms with E-state index in [2.05, 4.69) is 4.99 Å². The molecular weight excluding hydrogens is 470 g/mol. The highest BCUT2D eigenvalue weighted by molar-refractivity contribution is 6.11. The predicted molar refractivity (Wildman–Crippen MR) is 135 cm³/mol. The van der Waals surface area contributed by atoms with Gasteiger partial charge in [0.15, 0.2) is 5.43 Å². The van der Waals surface area contributed by atoms with E-state index in [1.807, 2.05) is 24.9 Å². The molecule has 1 fully saturated rings. The summed E-state index contributed by atoms with van der Waals surface area (Å²) in [5.74, 6) is -3.41. The molecule has 0 radical (unpaired) electrons. The minimum atomic E-state index is -2.62. The molecule has 0 unspecified atom stereocenters. The average molecular weight is 501 g/mol. The molecule has 0 bridgehead atoms. The molecule has 1 aliphatic carbocycles. The summed E-state index contributed by atoms with van der Waals surface area (Å²) < 4.78 is 34.3. The minimum Gasteiger partial charge on any atom is -0.496 e.